The highest BCUT2D eigenvalue weighted by Crippen LogP contribution is 2.26. The lowest BCUT2D eigenvalue weighted by molar-refractivity contribution is 0.123. The normalized spacial score (nSPS) is 17.8. The zero-order valence-corrected chi connectivity index (χ0v) is 8.24. The third-order valence-corrected chi connectivity index (χ3v) is 2.78. The van der Waals surface area contributed by atoms with Gasteiger partial charge in [0.05, 0.1) is 13.2 Å². The first-order valence-corrected chi connectivity index (χ1v) is 5.28. The molecule has 0 aliphatic heterocycles. The summed E-state index contributed by atoms with van der Waals surface area (Å²) in [5.41, 5.74) is 0. The minimum Gasteiger partial charge on any atom is -0.395 e. The van der Waals surface area contributed by atoms with Gasteiger partial charge < -0.3 is 10.0 Å². The van der Waals surface area contributed by atoms with Gasteiger partial charge in [0.1, 0.15) is 0 Å². The van der Waals surface area contributed by atoms with Crippen LogP contribution in [0.25, 0.3) is 0 Å². The smallest absolute Gasteiger partial charge is 0.0834 e. The Kier molecular flexibility index (Phi) is 5.35. The third kappa shape index (κ3) is 4.07. The summed E-state index contributed by atoms with van der Waals surface area (Å²) in [5, 5.41) is 19.1. The van der Waals surface area contributed by atoms with Crippen LogP contribution in [0.5, 0.6) is 0 Å². The molecule has 1 N–H and O–H groups in total. The lowest BCUT2D eigenvalue weighted by atomic mass is 9.85. The van der Waals surface area contributed by atoms with E-state index in [9.17, 15) is 5.11 Å². The largest absolute Gasteiger partial charge is 0.395 e. The number of aliphatic hydroxyl groups excluding tert-OH is 1. The van der Waals surface area contributed by atoms with Crippen LogP contribution in [0.4, 0.5) is 0 Å². The maximum absolute atomic E-state index is 10.3. The highest BCUT2D eigenvalue weighted by molar-refractivity contribution is 4.73. The number of hydrogen-bond acceptors (Lipinski definition) is 2. The predicted octanol–water partition coefficient (Wildman–Crippen LogP) is 0.901. The van der Waals surface area contributed by atoms with E-state index < -0.39 is 0 Å². The minimum atomic E-state index is 0.00654. The van der Waals surface area contributed by atoms with Crippen LogP contribution in [0.15, 0.2) is 0 Å². The Balaban J connectivity index is 2.11. The van der Waals surface area contributed by atoms with Gasteiger partial charge in [0.15, 0.2) is 0 Å². The van der Waals surface area contributed by atoms with E-state index in [-0.39, 0.29) is 13.2 Å². The Morgan fingerprint density at radius 1 is 1.31 bits per heavy atom. The molecule has 0 aromatic heterocycles. The topological polar surface area (TPSA) is 43.4 Å². The molecule has 0 heterocycles. The van der Waals surface area contributed by atoms with Crippen molar-refractivity contribution in [1.29, 1.82) is 0 Å². The van der Waals surface area contributed by atoms with Gasteiger partial charge in [0.25, 0.3) is 0 Å². The van der Waals surface area contributed by atoms with E-state index in [1.54, 1.807) is 0 Å². The molecule has 0 unspecified atom stereocenters. The van der Waals surface area contributed by atoms with Gasteiger partial charge in [-0.2, -0.15) is 0 Å². The van der Waals surface area contributed by atoms with Crippen LogP contribution >= 0.6 is 0 Å². The fourth-order valence-corrected chi connectivity index (χ4v) is 1.76. The van der Waals surface area contributed by atoms with Crippen molar-refractivity contribution in [3.63, 3.8) is 0 Å². The van der Waals surface area contributed by atoms with E-state index in [0.717, 1.165) is 25.6 Å². The summed E-state index contributed by atoms with van der Waals surface area (Å²) in [7, 11) is 0. The average Bonchev–Trinajstić information content (AvgIpc) is 2.07. The molecule has 0 atom stereocenters. The molecule has 1 aliphatic rings. The van der Waals surface area contributed by atoms with Crippen molar-refractivity contribution < 1.29 is 10.2 Å². The molecule has 13 heavy (non-hydrogen) atoms. The summed E-state index contributed by atoms with van der Waals surface area (Å²) in [4.78, 5) is 2.22. The fraction of sp³-hybridized carbons (Fsp3) is 1.00. The average molecular weight is 186 g/mol. The summed E-state index contributed by atoms with van der Waals surface area (Å²) in [6.45, 7) is 2.90. The van der Waals surface area contributed by atoms with Gasteiger partial charge in [-0.1, -0.05) is 6.42 Å². The molecule has 0 saturated heterocycles. The Morgan fingerprint density at radius 3 is 2.54 bits per heavy atom. The minimum absolute atomic E-state index is 0.00654. The molecule has 77 valence electrons. The second-order valence-electron chi connectivity index (χ2n) is 3.88. The molecule has 0 aromatic carbocycles. The summed E-state index contributed by atoms with van der Waals surface area (Å²) in [6, 6.07) is 0. The number of rotatable bonds is 7. The van der Waals surface area contributed by atoms with Crippen molar-refractivity contribution in [3.05, 3.63) is 0 Å². The second kappa shape index (κ2) is 6.35. The van der Waals surface area contributed by atoms with Crippen LogP contribution in [0, 0.1) is 5.92 Å². The Hall–Kier alpha value is -0.120. The lowest BCUT2D eigenvalue weighted by Crippen LogP contribution is -2.35. The molecular formula is C10H20NO2. The second-order valence-corrected chi connectivity index (χ2v) is 3.88. The van der Waals surface area contributed by atoms with Crippen LogP contribution < -0.4 is 0 Å². The van der Waals surface area contributed by atoms with Crippen LogP contribution in [0.1, 0.15) is 25.7 Å². The molecule has 0 bridgehead atoms. The fourth-order valence-electron chi connectivity index (χ4n) is 1.76. The van der Waals surface area contributed by atoms with Crippen molar-refractivity contribution in [2.24, 2.45) is 5.92 Å². The molecule has 0 amide bonds. The first kappa shape index (κ1) is 11.0. The van der Waals surface area contributed by atoms with Gasteiger partial charge in [0, 0.05) is 19.6 Å². The first-order chi connectivity index (χ1) is 6.36. The maximum Gasteiger partial charge on any atom is 0.0834 e. The van der Waals surface area contributed by atoms with Crippen molar-refractivity contribution in [3.8, 4) is 0 Å². The summed E-state index contributed by atoms with van der Waals surface area (Å²) >= 11 is 0. The molecule has 0 aromatic rings. The van der Waals surface area contributed by atoms with Crippen LogP contribution in [0.2, 0.25) is 0 Å². The van der Waals surface area contributed by atoms with Crippen molar-refractivity contribution >= 4 is 0 Å². The number of aliphatic hydroxyl groups is 1. The van der Waals surface area contributed by atoms with E-state index in [1.165, 1.54) is 19.3 Å². The van der Waals surface area contributed by atoms with E-state index in [4.69, 9.17) is 5.11 Å². The highest BCUT2D eigenvalue weighted by atomic mass is 16.3. The number of hydrogen-bond donors (Lipinski definition) is 1. The van der Waals surface area contributed by atoms with Crippen molar-refractivity contribution in [2.45, 2.75) is 25.7 Å². The Morgan fingerprint density at radius 2 is 2.08 bits per heavy atom. The van der Waals surface area contributed by atoms with E-state index in [1.807, 2.05) is 0 Å². The zero-order valence-electron chi connectivity index (χ0n) is 8.24. The summed E-state index contributed by atoms with van der Waals surface area (Å²) in [6.07, 6.45) is 4.74. The SMILES string of the molecule is [O]CCCN(CCO)CC1CCC1. The molecule has 3 nitrogen and oxygen atoms in total. The van der Waals surface area contributed by atoms with E-state index >= 15 is 0 Å². The molecule has 1 saturated carbocycles. The van der Waals surface area contributed by atoms with Crippen LogP contribution in [0.3, 0.4) is 0 Å². The quantitative estimate of drug-likeness (QED) is 0.642. The standard InChI is InChI=1S/C10H20NO2/c12-7-2-5-11(6-8-13)9-10-3-1-4-10/h10,13H,1-9H2. The Bertz CT molecular complexity index is 126. The van der Waals surface area contributed by atoms with E-state index in [0.29, 0.717) is 6.42 Å². The van der Waals surface area contributed by atoms with Gasteiger partial charge in [-0.15, -0.1) is 0 Å². The molecule has 1 fully saturated rings. The van der Waals surface area contributed by atoms with Crippen molar-refractivity contribution in [2.75, 3.05) is 32.8 Å². The Labute approximate surface area is 80.4 Å². The first-order valence-electron chi connectivity index (χ1n) is 5.28. The molecule has 0 spiro atoms. The third-order valence-electron chi connectivity index (χ3n) is 2.78. The molecule has 1 aliphatic carbocycles. The van der Waals surface area contributed by atoms with Gasteiger partial charge in [0.2, 0.25) is 0 Å². The summed E-state index contributed by atoms with van der Waals surface area (Å²) in [5.74, 6) is 0.832. The van der Waals surface area contributed by atoms with Gasteiger partial charge in [-0.25, -0.2) is 5.11 Å². The van der Waals surface area contributed by atoms with Gasteiger partial charge in [-0.05, 0) is 25.2 Å². The summed E-state index contributed by atoms with van der Waals surface area (Å²) < 4.78 is 0. The number of nitrogens with zero attached hydrogens (tertiary/aromatic N) is 1. The van der Waals surface area contributed by atoms with Gasteiger partial charge >= 0.3 is 0 Å². The zero-order chi connectivity index (χ0) is 9.52. The van der Waals surface area contributed by atoms with Crippen LogP contribution in [-0.4, -0.2) is 42.9 Å². The highest BCUT2D eigenvalue weighted by Gasteiger charge is 2.19. The molecular weight excluding hydrogens is 166 g/mol. The van der Waals surface area contributed by atoms with Crippen molar-refractivity contribution in [1.82, 2.24) is 4.90 Å². The predicted molar refractivity (Wildman–Crippen MR) is 51.0 cm³/mol. The van der Waals surface area contributed by atoms with E-state index in [2.05, 4.69) is 4.90 Å². The molecule has 3 heteroatoms. The monoisotopic (exact) mass is 186 g/mol. The molecule has 1 radical (unpaired) electrons. The lowest BCUT2D eigenvalue weighted by Gasteiger charge is -2.31. The van der Waals surface area contributed by atoms with Gasteiger partial charge in [-0.3, -0.25) is 0 Å². The molecule has 1 rings (SSSR count). The van der Waals surface area contributed by atoms with Crippen LogP contribution in [-0.2, 0) is 5.11 Å². The maximum atomic E-state index is 10.3.